The van der Waals surface area contributed by atoms with Gasteiger partial charge in [-0.05, 0) is 325 Å². The molecule has 780 valence electrons. The summed E-state index contributed by atoms with van der Waals surface area (Å²) < 4.78 is 627. The zero-order valence-electron chi connectivity index (χ0n) is 149. The van der Waals surface area contributed by atoms with Crippen molar-refractivity contribution in [1.29, 1.82) is 0 Å². The van der Waals surface area contributed by atoms with Crippen LogP contribution < -0.4 is 56.8 Å². The van der Waals surface area contributed by atoms with Crippen LogP contribution in [0.2, 0.25) is 0 Å². The molecule has 24 heteroatoms. The molecule has 18 rings (SSSR count). The molecular formula is C116H178N6O18. The summed E-state index contributed by atoms with van der Waals surface area (Å²) in [4.78, 5) is 5.39. The van der Waals surface area contributed by atoms with Crippen molar-refractivity contribution in [1.82, 2.24) is 29.4 Å². The van der Waals surface area contributed by atoms with Crippen LogP contribution in [-0.4, -0.2) is 260 Å². The fraction of sp³-hybridized carbons (Fsp3) is 0.690. The molecule has 12 aliphatic rings. The Morgan fingerprint density at radius 2 is 0.507 bits per heavy atom. The molecular weight excluding hydrogens is 1770 g/mol. The third-order valence-corrected chi connectivity index (χ3v) is 24.3. The fourth-order valence-electron chi connectivity index (χ4n) is 17.9. The van der Waals surface area contributed by atoms with Crippen molar-refractivity contribution < 1.29 is 179 Å². The Morgan fingerprint density at radius 3 is 0.721 bits per heavy atom. The predicted octanol–water partition coefficient (Wildman–Crippen LogP) is 19.0. The van der Waals surface area contributed by atoms with E-state index in [0.29, 0.717) is 30.7 Å². The average molecular weight is 2010 g/mol. The minimum absolute atomic E-state index is 0.00489. The smallest absolute Gasteiger partial charge is 0.161 e. The molecule has 0 spiro atoms. The summed E-state index contributed by atoms with van der Waals surface area (Å²) in [6.07, 6.45) is -34.6. The molecule has 0 aliphatic carbocycles. The Labute approximate surface area is 934 Å². The lowest BCUT2D eigenvalue weighted by molar-refractivity contribution is -0.0259. The van der Waals surface area contributed by atoms with E-state index in [0.717, 1.165) is 33.8 Å². The number of rotatable bonds is 22. The van der Waals surface area contributed by atoms with Gasteiger partial charge in [0.2, 0.25) is 0 Å². The van der Waals surface area contributed by atoms with Crippen LogP contribution in [-0.2, 0) is 38.5 Å². The zero-order valence-corrected chi connectivity index (χ0v) is 82.5. The predicted molar refractivity (Wildman–Crippen MR) is 556 cm³/mol. The Kier molecular flexibility index (Phi) is 17.8. The van der Waals surface area contributed by atoms with Gasteiger partial charge < -0.3 is 87.5 Å². The minimum Gasteiger partial charge on any atom is -0.493 e. The number of piperidine rings is 6. The molecule has 140 heavy (non-hydrogen) atoms. The first-order valence-corrected chi connectivity index (χ1v) is 46.3. The van der Waals surface area contributed by atoms with Crippen molar-refractivity contribution in [2.24, 2.45) is 69.9 Å². The van der Waals surface area contributed by atoms with Gasteiger partial charge in [0.25, 0.3) is 0 Å². The summed E-state index contributed by atoms with van der Waals surface area (Å²) in [5.74, 6) is -17.9. The number of hydrogen-bond acceptors (Lipinski definition) is 24. The first kappa shape index (κ1) is 51.2. The Balaban J connectivity index is 0.000000199. The molecule has 12 aliphatic heterocycles. The Bertz CT molecular complexity index is 8270. The molecule has 0 bridgehead atoms. The molecule has 18 unspecified atom stereocenters. The van der Waals surface area contributed by atoms with Gasteiger partial charge in [-0.3, -0.25) is 29.4 Å². The number of ether oxygens (including phenoxy) is 12. The van der Waals surface area contributed by atoms with Crippen LogP contribution >= 0.6 is 0 Å². The lowest BCUT2D eigenvalue weighted by Crippen LogP contribution is -2.48. The van der Waals surface area contributed by atoms with Crippen molar-refractivity contribution >= 4 is 0 Å². The quantitative estimate of drug-likeness (QED) is 0.0369. The second-order valence-corrected chi connectivity index (χ2v) is 36.9. The number of fused-ring (bicyclic) bond motifs is 18. The van der Waals surface area contributed by atoms with Crippen LogP contribution in [0, 0.1) is 69.9 Å². The second-order valence-electron chi connectivity index (χ2n) is 36.9. The van der Waals surface area contributed by atoms with Gasteiger partial charge in [0.1, 0.15) is 0 Å². The highest BCUT2D eigenvalue weighted by molar-refractivity contribution is 5.55. The van der Waals surface area contributed by atoms with Gasteiger partial charge in [0.15, 0.2) is 69.0 Å². The van der Waals surface area contributed by atoms with Gasteiger partial charge in [0.05, 0.1) is 163 Å². The largest absolute Gasteiger partial charge is 0.493 e. The first-order valence-electron chi connectivity index (χ1n) is 79.8. The van der Waals surface area contributed by atoms with Gasteiger partial charge in [-0.1, -0.05) is 96.6 Å². The van der Waals surface area contributed by atoms with Crippen LogP contribution in [0.1, 0.15) is 368 Å². The fourth-order valence-corrected chi connectivity index (χ4v) is 17.9. The Morgan fingerprint density at radius 1 is 0.307 bits per heavy atom. The van der Waals surface area contributed by atoms with Crippen LogP contribution in [0.5, 0.6) is 69.0 Å². The Hall–Kier alpha value is -7.56. The molecule has 0 saturated carbocycles. The van der Waals surface area contributed by atoms with E-state index in [9.17, 15) is 38.9 Å². The highest BCUT2D eigenvalue weighted by atomic mass is 16.5. The summed E-state index contributed by atoms with van der Waals surface area (Å²) in [5.41, 5.74) is -7.38. The highest BCUT2D eigenvalue weighted by Gasteiger charge is 2.47. The topological polar surface area (TPSA) is 252 Å². The SMILES string of the molecule is [2H]c1c2c(c([2H])c(OC([2H])([2H])[2H])c1OC)C1([2H])CC(O)C(C([2H])([2H])C(C)(C([2H])([2H])[2H])C([2H])([2H])[2H])C([2H])([2H])N1CC2.[2H]c1c2c(c([2H])c(OC([2H])([2H])[2H])c1OC)C1([2H])CC(O)C(CC(C)C)C([2H])([2H])N1CC2.[2H]c1c2c(c([2H])c(OC([2H])([2H])[2H])c1OC)C1([2H])N(CC2)C([2H])([2H])C([2H])(CC(C)C)C([2H])(O)C1([2H])[2H].[2H]c1c2c(c([2H])c(OC)c1OC)C1([2H])CC(O)C(C([2H])([2H])C(C)(C([2H])([2H])[2H])C([2H])([2H])[2H])C([2H])([2H])N1CC2.[2H]c1c2c(c([2H])c(OC)c1OC)C1([2H])N(CC2)C([2H])([2H])C([2H])(CC(C)C)C([2H])(O)C1([2H])[2H].[2H]c1c2c(c([2H])c(OC)c1OC)C1([2H])N(CC2)C([2H])([2H])C([2H])(CC(C)C)C([2H])(O)C1([2H])[2H]. The van der Waals surface area contributed by atoms with Crippen molar-refractivity contribution in [3.8, 4) is 69.0 Å². The van der Waals surface area contributed by atoms with Crippen LogP contribution in [0.15, 0.2) is 72.5 Å². The van der Waals surface area contributed by atoms with Gasteiger partial charge in [0, 0.05) is 165 Å². The lowest BCUT2D eigenvalue weighted by Gasteiger charge is -2.47. The van der Waals surface area contributed by atoms with Crippen LogP contribution in [0.3, 0.4) is 0 Å². The number of benzene rings is 6. The standard InChI is InChI=1S/2C20H31NO3.4C19H29NO3/c2*1-20(2,3)11-14-12-21-7-6-13-8-18(23-4)19(24-5)9-15(13)16(21)10-17(14)22;4*1-12(2)7-14-11-20-6-5-13-8-18(22-3)19(23-4)9-15(13)16(20)10-17(14)21/h2*8-9,14,16-17,22H,6-7,10-12H2,1-5H3;4*8-9,12,14,16-17,21H,5-7,10-11H2,1-4H3/i1D3,2D3,5D3,8D,9D,11D2,12D2,16D;1D3,2D3,8D,9D,11D2,12D2,16D;4D3,8D,9D,10D2,11D2,14D,16D,17D;2*8D,9D,10D2,11D2,14D,16D,17D;4D3,8D,9D,11D2,16D. The number of hydrogen-bond donors (Lipinski definition) is 6. The summed E-state index contributed by atoms with van der Waals surface area (Å²) in [5, 5.41) is 66.9. The van der Waals surface area contributed by atoms with E-state index in [2.05, 4.69) is 0 Å². The summed E-state index contributed by atoms with van der Waals surface area (Å²) in [7, 11) is 1.95. The lowest BCUT2D eigenvalue weighted by atomic mass is 9.75. The molecule has 18 atom stereocenters. The highest BCUT2D eigenvalue weighted by Crippen LogP contribution is 2.53. The molecule has 0 radical (unpaired) electrons. The molecule has 6 aromatic carbocycles. The van der Waals surface area contributed by atoms with E-state index in [-0.39, 0.29) is 241 Å². The van der Waals surface area contributed by atoms with E-state index >= 15 is 0 Å². The van der Waals surface area contributed by atoms with E-state index in [4.69, 9.17) is 140 Å². The van der Waals surface area contributed by atoms with Crippen LogP contribution in [0.4, 0.5) is 0 Å². The maximum atomic E-state index is 11.2. The molecule has 6 saturated heterocycles. The van der Waals surface area contributed by atoms with E-state index in [1.807, 2.05) is 13.8 Å². The van der Waals surface area contributed by atoms with Crippen molar-refractivity contribution in [2.45, 2.75) is 285 Å². The van der Waals surface area contributed by atoms with Gasteiger partial charge in [-0.2, -0.15) is 0 Å². The molecule has 6 fully saturated rings. The minimum atomic E-state index is -3.49. The molecule has 0 aromatic heterocycles. The second kappa shape index (κ2) is 48.6. The monoisotopic (exact) mass is 2010 g/mol. The van der Waals surface area contributed by atoms with Crippen LogP contribution in [0.25, 0.3) is 0 Å². The van der Waals surface area contributed by atoms with Gasteiger partial charge in [-0.25, -0.2) is 0 Å². The molecule has 6 N–H and O–H groups in total. The number of aliphatic hydroxyl groups is 6. The summed E-state index contributed by atoms with van der Waals surface area (Å²) in [6, 6.07) is -19.9. The van der Waals surface area contributed by atoms with Crippen molar-refractivity contribution in [2.75, 3.05) is 163 Å². The van der Waals surface area contributed by atoms with E-state index < -0.39 is 340 Å². The van der Waals surface area contributed by atoms with E-state index in [1.165, 1.54) is 54.7 Å². The van der Waals surface area contributed by atoms with Gasteiger partial charge >= 0.3 is 0 Å². The third kappa shape index (κ3) is 26.3. The number of aliphatic hydroxyl groups excluding tert-OH is 3. The average Bonchev–Trinajstić information content (AvgIpc) is 0.653. The normalized spacial score (nSPS) is 44.8. The van der Waals surface area contributed by atoms with Crippen molar-refractivity contribution in [3.05, 3.63) is 139 Å². The molecule has 6 aromatic rings. The van der Waals surface area contributed by atoms with E-state index in [1.54, 1.807) is 41.5 Å². The zero-order chi connectivity index (χ0) is 160. The summed E-state index contributed by atoms with van der Waals surface area (Å²) >= 11 is 0. The first-order chi connectivity index (χ1) is 93.0. The maximum Gasteiger partial charge on any atom is 0.161 e. The molecule has 0 amide bonds. The maximum absolute atomic E-state index is 11.2. The number of nitrogens with zero attached hydrogens (tertiary/aromatic N) is 6. The van der Waals surface area contributed by atoms with Gasteiger partial charge in [-0.15, -0.1) is 0 Å². The third-order valence-electron chi connectivity index (χ3n) is 24.3. The summed E-state index contributed by atoms with van der Waals surface area (Å²) in [6.45, 7) is -16.4. The molecule has 12 heterocycles. The van der Waals surface area contributed by atoms with Crippen molar-refractivity contribution in [3.63, 3.8) is 0 Å². The number of methoxy groups -OCH3 is 12. The molecule has 24 nitrogen and oxygen atoms in total.